The van der Waals surface area contributed by atoms with Crippen LogP contribution >= 0.6 is 0 Å². The number of anilines is 3. The van der Waals surface area contributed by atoms with Gasteiger partial charge in [-0.3, -0.25) is 0 Å². The Balaban J connectivity index is 1.23. The summed E-state index contributed by atoms with van der Waals surface area (Å²) in [6, 6.07) is 62.7. The monoisotopic (exact) mass is 587 g/mol. The molecule has 8 aromatic carbocycles. The fourth-order valence-electron chi connectivity index (χ4n) is 6.82. The number of benzene rings is 8. The molecule has 0 unspecified atom stereocenters. The lowest BCUT2D eigenvalue weighted by atomic mass is 9.94. The Bertz CT molecular complexity index is 2510. The van der Waals surface area contributed by atoms with Crippen LogP contribution in [0.25, 0.3) is 65.7 Å². The first-order valence-corrected chi connectivity index (χ1v) is 15.7. The Hall–Kier alpha value is -6.12. The van der Waals surface area contributed by atoms with Gasteiger partial charge in [0.1, 0.15) is 11.2 Å². The summed E-state index contributed by atoms with van der Waals surface area (Å²) in [5.74, 6) is 0. The molecule has 1 aromatic heterocycles. The van der Waals surface area contributed by atoms with E-state index in [1.807, 2.05) is 6.07 Å². The number of fused-ring (bicyclic) bond motifs is 6. The van der Waals surface area contributed by atoms with E-state index in [2.05, 4.69) is 175 Å². The summed E-state index contributed by atoms with van der Waals surface area (Å²) in [5, 5.41) is 7.17. The van der Waals surface area contributed by atoms with E-state index in [1.54, 1.807) is 0 Å². The van der Waals surface area contributed by atoms with E-state index >= 15 is 0 Å². The van der Waals surface area contributed by atoms with Gasteiger partial charge in [0.25, 0.3) is 0 Å². The van der Waals surface area contributed by atoms with Crippen molar-refractivity contribution in [1.82, 2.24) is 0 Å². The normalized spacial score (nSPS) is 11.5. The summed E-state index contributed by atoms with van der Waals surface area (Å²) in [6.07, 6.45) is 0. The summed E-state index contributed by atoms with van der Waals surface area (Å²) in [4.78, 5) is 2.34. The minimum atomic E-state index is 0.907. The fourth-order valence-corrected chi connectivity index (χ4v) is 6.82. The van der Waals surface area contributed by atoms with Crippen LogP contribution in [0.1, 0.15) is 0 Å². The Morgan fingerprint density at radius 1 is 0.348 bits per heavy atom. The first-order valence-electron chi connectivity index (χ1n) is 15.7. The van der Waals surface area contributed by atoms with Crippen molar-refractivity contribution in [3.8, 4) is 22.3 Å². The highest BCUT2D eigenvalue weighted by atomic mass is 16.3. The predicted molar refractivity (Wildman–Crippen MR) is 194 cm³/mol. The standard InChI is InChI=1S/C44H29NO/c1-3-12-32(13-4-1)40-29-43-44(39-17-9-10-18-42(39)46-43)38-26-25-37(28-41(38)40)45(35-15-5-2-6-16-35)36-23-21-31(22-24-36)34-20-19-30-11-7-8-14-33(30)27-34/h1-29H. The Morgan fingerprint density at radius 2 is 1.00 bits per heavy atom. The van der Waals surface area contributed by atoms with E-state index in [1.165, 1.54) is 32.7 Å². The maximum absolute atomic E-state index is 6.40. The van der Waals surface area contributed by atoms with Gasteiger partial charge in [0.2, 0.25) is 0 Å². The zero-order valence-corrected chi connectivity index (χ0v) is 25.1. The van der Waals surface area contributed by atoms with Gasteiger partial charge in [0.05, 0.1) is 0 Å². The highest BCUT2D eigenvalue weighted by molar-refractivity contribution is 6.22. The molecule has 0 aliphatic rings. The number of rotatable bonds is 5. The van der Waals surface area contributed by atoms with Crippen molar-refractivity contribution in [2.24, 2.45) is 0 Å². The van der Waals surface area contributed by atoms with Gasteiger partial charge in [-0.15, -0.1) is 0 Å². The van der Waals surface area contributed by atoms with Gasteiger partial charge in [-0.05, 0) is 98.4 Å². The van der Waals surface area contributed by atoms with Crippen molar-refractivity contribution in [2.45, 2.75) is 0 Å². The van der Waals surface area contributed by atoms with Crippen LogP contribution in [0.15, 0.2) is 180 Å². The third kappa shape index (κ3) is 4.43. The lowest BCUT2D eigenvalue weighted by Crippen LogP contribution is -2.09. The summed E-state index contributed by atoms with van der Waals surface area (Å²) in [7, 11) is 0. The van der Waals surface area contributed by atoms with Crippen LogP contribution in [0.2, 0.25) is 0 Å². The second-order valence-electron chi connectivity index (χ2n) is 11.8. The number of furan rings is 1. The Morgan fingerprint density at radius 3 is 1.83 bits per heavy atom. The average Bonchev–Trinajstić information content (AvgIpc) is 3.51. The topological polar surface area (TPSA) is 16.4 Å². The van der Waals surface area contributed by atoms with E-state index in [-0.39, 0.29) is 0 Å². The zero-order valence-electron chi connectivity index (χ0n) is 25.1. The van der Waals surface area contributed by atoms with Crippen LogP contribution in [-0.4, -0.2) is 0 Å². The summed E-state index contributed by atoms with van der Waals surface area (Å²) in [5.41, 5.74) is 9.86. The third-order valence-corrected chi connectivity index (χ3v) is 9.03. The van der Waals surface area contributed by atoms with Crippen LogP contribution in [0, 0.1) is 0 Å². The SMILES string of the molecule is c1ccc(-c2cc3oc4ccccc4c3c3ccc(N(c4ccccc4)c4ccc(-c5ccc6ccccc6c5)cc4)cc23)cc1. The average molecular weight is 588 g/mol. The molecule has 0 spiro atoms. The lowest BCUT2D eigenvalue weighted by molar-refractivity contribution is 0.669. The Labute approximate surface area is 267 Å². The second-order valence-corrected chi connectivity index (χ2v) is 11.8. The molecular weight excluding hydrogens is 558 g/mol. The van der Waals surface area contributed by atoms with Crippen molar-refractivity contribution in [3.05, 3.63) is 176 Å². The second kappa shape index (κ2) is 10.8. The molecule has 0 amide bonds. The van der Waals surface area contributed by atoms with Crippen molar-refractivity contribution >= 4 is 60.5 Å². The van der Waals surface area contributed by atoms with Gasteiger partial charge in [-0.2, -0.15) is 0 Å². The van der Waals surface area contributed by atoms with Gasteiger partial charge in [0.15, 0.2) is 0 Å². The van der Waals surface area contributed by atoms with Crippen LogP contribution < -0.4 is 4.90 Å². The first kappa shape index (κ1) is 26.3. The van der Waals surface area contributed by atoms with E-state index in [0.717, 1.165) is 50.1 Å². The minimum absolute atomic E-state index is 0.907. The quantitative estimate of drug-likeness (QED) is 0.199. The summed E-state index contributed by atoms with van der Waals surface area (Å²) < 4.78 is 6.40. The van der Waals surface area contributed by atoms with Gasteiger partial charge in [-0.25, -0.2) is 0 Å². The molecule has 2 nitrogen and oxygen atoms in total. The van der Waals surface area contributed by atoms with E-state index < -0.39 is 0 Å². The molecule has 46 heavy (non-hydrogen) atoms. The number of hydrogen-bond acceptors (Lipinski definition) is 2. The highest BCUT2D eigenvalue weighted by Gasteiger charge is 2.18. The van der Waals surface area contributed by atoms with Gasteiger partial charge in [0, 0.05) is 27.8 Å². The summed E-state index contributed by atoms with van der Waals surface area (Å²) in [6.45, 7) is 0. The number of hydrogen-bond donors (Lipinski definition) is 0. The van der Waals surface area contributed by atoms with E-state index in [0.29, 0.717) is 0 Å². The molecule has 9 aromatic rings. The number of nitrogens with zero attached hydrogens (tertiary/aromatic N) is 1. The molecule has 1 heterocycles. The predicted octanol–water partition coefficient (Wildman–Crippen LogP) is 12.7. The van der Waals surface area contributed by atoms with Gasteiger partial charge >= 0.3 is 0 Å². The molecule has 0 saturated carbocycles. The van der Waals surface area contributed by atoms with Crippen molar-refractivity contribution in [3.63, 3.8) is 0 Å². The van der Waals surface area contributed by atoms with Crippen LogP contribution in [0.3, 0.4) is 0 Å². The van der Waals surface area contributed by atoms with E-state index in [9.17, 15) is 0 Å². The minimum Gasteiger partial charge on any atom is -0.456 e. The molecule has 0 aliphatic carbocycles. The van der Waals surface area contributed by atoms with Crippen molar-refractivity contribution < 1.29 is 4.42 Å². The van der Waals surface area contributed by atoms with Crippen molar-refractivity contribution in [2.75, 3.05) is 4.90 Å². The van der Waals surface area contributed by atoms with Crippen LogP contribution in [0.5, 0.6) is 0 Å². The van der Waals surface area contributed by atoms with Gasteiger partial charge in [-0.1, -0.05) is 121 Å². The molecule has 0 aliphatic heterocycles. The third-order valence-electron chi connectivity index (χ3n) is 9.03. The molecule has 216 valence electrons. The highest BCUT2D eigenvalue weighted by Crippen LogP contribution is 2.43. The molecule has 0 bridgehead atoms. The van der Waals surface area contributed by atoms with Crippen molar-refractivity contribution in [1.29, 1.82) is 0 Å². The fraction of sp³-hybridized carbons (Fsp3) is 0. The smallest absolute Gasteiger partial charge is 0.136 e. The van der Waals surface area contributed by atoms with E-state index in [4.69, 9.17) is 4.42 Å². The largest absolute Gasteiger partial charge is 0.456 e. The molecule has 9 rings (SSSR count). The van der Waals surface area contributed by atoms with Gasteiger partial charge < -0.3 is 9.32 Å². The maximum Gasteiger partial charge on any atom is 0.136 e. The van der Waals surface area contributed by atoms with Crippen LogP contribution in [-0.2, 0) is 0 Å². The lowest BCUT2D eigenvalue weighted by Gasteiger charge is -2.26. The summed E-state index contributed by atoms with van der Waals surface area (Å²) >= 11 is 0. The molecule has 2 heteroatoms. The number of para-hydroxylation sites is 2. The Kier molecular flexibility index (Phi) is 6.17. The molecule has 0 radical (unpaired) electrons. The molecule has 0 N–H and O–H groups in total. The zero-order chi connectivity index (χ0) is 30.5. The molecule has 0 saturated heterocycles. The molecule has 0 fully saturated rings. The molecule has 0 atom stereocenters. The van der Waals surface area contributed by atoms with Crippen LogP contribution in [0.4, 0.5) is 17.1 Å². The maximum atomic E-state index is 6.40. The first-order chi connectivity index (χ1) is 22.8. The molecular formula is C44H29NO.